The largest absolute Gasteiger partial charge is 0.253 e. The molecule has 0 aliphatic heterocycles. The number of hydrazone groups is 1. The summed E-state index contributed by atoms with van der Waals surface area (Å²) in [6, 6.07) is 8.42. The molecule has 1 fully saturated rings. The first-order valence-corrected chi connectivity index (χ1v) is 9.22. The van der Waals surface area contributed by atoms with Gasteiger partial charge in [0.05, 0.1) is 5.69 Å². The molecule has 1 aromatic heterocycles. The van der Waals surface area contributed by atoms with Crippen molar-refractivity contribution in [2.75, 3.05) is 5.43 Å². The fourth-order valence-electron chi connectivity index (χ4n) is 2.53. The van der Waals surface area contributed by atoms with Crippen LogP contribution in [0.25, 0.3) is 11.3 Å². The summed E-state index contributed by atoms with van der Waals surface area (Å²) in [5, 5.41) is 7.52. The van der Waals surface area contributed by atoms with Crippen LogP contribution in [0.1, 0.15) is 32.6 Å². The molecular formula is C16H18IN3S. The topological polar surface area (TPSA) is 37.3 Å². The zero-order valence-electron chi connectivity index (χ0n) is 12.0. The van der Waals surface area contributed by atoms with E-state index < -0.39 is 0 Å². The van der Waals surface area contributed by atoms with Gasteiger partial charge in [0.15, 0.2) is 0 Å². The number of rotatable bonds is 3. The second-order valence-corrected chi connectivity index (χ2v) is 7.51. The van der Waals surface area contributed by atoms with Crippen LogP contribution < -0.4 is 5.43 Å². The molecule has 1 N–H and O–H groups in total. The molecular weight excluding hydrogens is 393 g/mol. The van der Waals surface area contributed by atoms with E-state index in [9.17, 15) is 0 Å². The molecule has 0 amide bonds. The zero-order valence-corrected chi connectivity index (χ0v) is 14.9. The second kappa shape index (κ2) is 6.87. The lowest BCUT2D eigenvalue weighted by Crippen LogP contribution is -2.17. The summed E-state index contributed by atoms with van der Waals surface area (Å²) in [6.45, 7) is 2.26. The Labute approximate surface area is 143 Å². The van der Waals surface area contributed by atoms with Gasteiger partial charge in [-0.05, 0) is 59.9 Å². The first kappa shape index (κ1) is 15.0. The molecule has 1 saturated carbocycles. The number of anilines is 1. The minimum Gasteiger partial charge on any atom is -0.253 e. The smallest absolute Gasteiger partial charge is 0.203 e. The van der Waals surface area contributed by atoms with Crippen molar-refractivity contribution in [3.8, 4) is 11.3 Å². The minimum atomic E-state index is 0.599. The number of hydrogen-bond acceptors (Lipinski definition) is 4. The third kappa shape index (κ3) is 3.83. The summed E-state index contributed by atoms with van der Waals surface area (Å²) in [5.74, 6) is 0.599. The lowest BCUT2D eigenvalue weighted by molar-refractivity contribution is 0.558. The van der Waals surface area contributed by atoms with Gasteiger partial charge in [0.1, 0.15) is 0 Å². The SMILES string of the molecule is CC1CCCC/C1=N\Nc1nc(-c2ccc(I)cc2)cs1. The minimum absolute atomic E-state index is 0.599. The number of hydrogen-bond donors (Lipinski definition) is 1. The standard InChI is InChI=1S/C16H18IN3S/c1-11-4-2-3-5-14(11)19-20-16-18-15(10-21-16)12-6-8-13(17)9-7-12/h6-11H,2-5H2,1H3,(H,18,20)/b19-14+. The van der Waals surface area contributed by atoms with Crippen molar-refractivity contribution in [2.45, 2.75) is 32.6 Å². The first-order chi connectivity index (χ1) is 10.2. The lowest BCUT2D eigenvalue weighted by atomic mass is 9.89. The van der Waals surface area contributed by atoms with Gasteiger partial charge in [0, 0.05) is 20.2 Å². The normalized spacial score (nSPS) is 20.7. The van der Waals surface area contributed by atoms with Gasteiger partial charge in [-0.15, -0.1) is 11.3 Å². The molecule has 5 heteroatoms. The highest BCUT2D eigenvalue weighted by molar-refractivity contribution is 14.1. The summed E-state index contributed by atoms with van der Waals surface area (Å²) < 4.78 is 1.24. The third-order valence-electron chi connectivity index (χ3n) is 3.83. The van der Waals surface area contributed by atoms with E-state index in [-0.39, 0.29) is 0 Å². The molecule has 110 valence electrons. The van der Waals surface area contributed by atoms with Crippen molar-refractivity contribution in [3.05, 3.63) is 33.2 Å². The van der Waals surface area contributed by atoms with Gasteiger partial charge in [-0.1, -0.05) is 25.5 Å². The van der Waals surface area contributed by atoms with Gasteiger partial charge in [-0.3, -0.25) is 5.43 Å². The van der Waals surface area contributed by atoms with Crippen LogP contribution in [0.15, 0.2) is 34.7 Å². The van der Waals surface area contributed by atoms with E-state index in [4.69, 9.17) is 0 Å². The van der Waals surface area contributed by atoms with Crippen LogP contribution >= 0.6 is 33.9 Å². The second-order valence-electron chi connectivity index (χ2n) is 5.41. The molecule has 2 aromatic rings. The zero-order chi connectivity index (χ0) is 14.7. The molecule has 0 saturated heterocycles. The molecule has 0 radical (unpaired) electrons. The van der Waals surface area contributed by atoms with Gasteiger partial charge in [-0.25, -0.2) is 4.98 Å². The monoisotopic (exact) mass is 411 g/mol. The third-order valence-corrected chi connectivity index (χ3v) is 5.29. The molecule has 3 rings (SSSR count). The predicted octanol–water partition coefficient (Wildman–Crippen LogP) is 5.39. The Kier molecular flexibility index (Phi) is 4.90. The molecule has 0 spiro atoms. The van der Waals surface area contributed by atoms with Gasteiger partial charge >= 0.3 is 0 Å². The van der Waals surface area contributed by atoms with Crippen LogP contribution in [0.2, 0.25) is 0 Å². The molecule has 1 atom stereocenters. The fraction of sp³-hybridized carbons (Fsp3) is 0.375. The van der Waals surface area contributed by atoms with Crippen molar-refractivity contribution < 1.29 is 0 Å². The number of nitrogens with one attached hydrogen (secondary N) is 1. The van der Waals surface area contributed by atoms with E-state index in [1.165, 1.54) is 28.5 Å². The Bertz CT molecular complexity index is 633. The summed E-state index contributed by atoms with van der Waals surface area (Å²) in [6.07, 6.45) is 4.96. The number of nitrogens with zero attached hydrogens (tertiary/aromatic N) is 2. The Balaban J connectivity index is 1.70. The average Bonchev–Trinajstić information content (AvgIpc) is 2.96. The maximum absolute atomic E-state index is 4.62. The Morgan fingerprint density at radius 2 is 2.10 bits per heavy atom. The van der Waals surface area contributed by atoms with Crippen LogP contribution in [0.3, 0.4) is 0 Å². The summed E-state index contributed by atoms with van der Waals surface area (Å²) in [4.78, 5) is 4.62. The van der Waals surface area contributed by atoms with Gasteiger partial charge in [0.2, 0.25) is 5.13 Å². The van der Waals surface area contributed by atoms with Crippen molar-refractivity contribution in [1.82, 2.24) is 4.98 Å². The van der Waals surface area contributed by atoms with E-state index in [1.54, 1.807) is 11.3 Å². The molecule has 1 aromatic carbocycles. The van der Waals surface area contributed by atoms with Gasteiger partial charge in [-0.2, -0.15) is 5.10 Å². The first-order valence-electron chi connectivity index (χ1n) is 7.26. The van der Waals surface area contributed by atoms with Crippen LogP contribution in [0.5, 0.6) is 0 Å². The van der Waals surface area contributed by atoms with Crippen molar-refractivity contribution in [1.29, 1.82) is 0 Å². The van der Waals surface area contributed by atoms with E-state index in [1.807, 2.05) is 0 Å². The highest BCUT2D eigenvalue weighted by atomic mass is 127. The maximum Gasteiger partial charge on any atom is 0.203 e. The van der Waals surface area contributed by atoms with Crippen LogP contribution in [0.4, 0.5) is 5.13 Å². The summed E-state index contributed by atoms with van der Waals surface area (Å²) in [5.41, 5.74) is 6.59. The molecule has 1 aliphatic carbocycles. The maximum atomic E-state index is 4.62. The molecule has 1 heterocycles. The Morgan fingerprint density at radius 1 is 1.29 bits per heavy atom. The quantitative estimate of drug-likeness (QED) is 0.543. The van der Waals surface area contributed by atoms with Crippen molar-refractivity contribution >= 4 is 44.8 Å². The molecule has 1 aliphatic rings. The van der Waals surface area contributed by atoms with E-state index in [0.29, 0.717) is 5.92 Å². The van der Waals surface area contributed by atoms with Crippen molar-refractivity contribution in [2.24, 2.45) is 11.0 Å². The van der Waals surface area contributed by atoms with Crippen molar-refractivity contribution in [3.63, 3.8) is 0 Å². The molecule has 1 unspecified atom stereocenters. The molecule has 0 bridgehead atoms. The van der Waals surface area contributed by atoms with Gasteiger partial charge < -0.3 is 0 Å². The number of benzene rings is 1. The average molecular weight is 411 g/mol. The number of aromatic nitrogens is 1. The van der Waals surface area contributed by atoms with E-state index in [0.717, 1.165) is 22.8 Å². The predicted molar refractivity (Wildman–Crippen MR) is 99.0 cm³/mol. The summed E-state index contributed by atoms with van der Waals surface area (Å²) in [7, 11) is 0. The fourth-order valence-corrected chi connectivity index (χ4v) is 3.55. The molecule has 3 nitrogen and oxygen atoms in total. The van der Waals surface area contributed by atoms with Crippen LogP contribution in [-0.2, 0) is 0 Å². The van der Waals surface area contributed by atoms with E-state index in [2.05, 4.69) is 74.7 Å². The van der Waals surface area contributed by atoms with Crippen LogP contribution in [0, 0.1) is 9.49 Å². The number of thiazole rings is 1. The highest BCUT2D eigenvalue weighted by Gasteiger charge is 2.15. The Morgan fingerprint density at radius 3 is 2.86 bits per heavy atom. The van der Waals surface area contributed by atoms with E-state index >= 15 is 0 Å². The van der Waals surface area contributed by atoms with Gasteiger partial charge in [0.25, 0.3) is 0 Å². The highest BCUT2D eigenvalue weighted by Crippen LogP contribution is 2.26. The number of halogens is 1. The Hall–Kier alpha value is -0.950. The van der Waals surface area contributed by atoms with Crippen LogP contribution in [-0.4, -0.2) is 10.7 Å². The molecule has 21 heavy (non-hydrogen) atoms. The summed E-state index contributed by atoms with van der Waals surface area (Å²) >= 11 is 3.92. The lowest BCUT2D eigenvalue weighted by Gasteiger charge is -2.19.